The van der Waals surface area contributed by atoms with Crippen molar-refractivity contribution in [3.8, 4) is 11.4 Å². The molecule has 1 heterocycles. The van der Waals surface area contributed by atoms with Crippen LogP contribution in [0.1, 0.15) is 42.9 Å². The monoisotopic (exact) mass is 461 g/mol. The zero-order chi connectivity index (χ0) is 23.5. The van der Waals surface area contributed by atoms with Crippen molar-refractivity contribution in [2.24, 2.45) is 5.41 Å². The van der Waals surface area contributed by atoms with Crippen molar-refractivity contribution in [1.29, 1.82) is 0 Å². The highest BCUT2D eigenvalue weighted by molar-refractivity contribution is 8.00. The highest BCUT2D eigenvalue weighted by Gasteiger charge is 2.31. The molecule has 2 N–H and O–H groups in total. The summed E-state index contributed by atoms with van der Waals surface area (Å²) in [7, 11) is 0. The molecule has 0 saturated heterocycles. The highest BCUT2D eigenvalue weighted by atomic mass is 32.2. The van der Waals surface area contributed by atoms with E-state index in [0.29, 0.717) is 11.1 Å². The number of thioether (sulfide) groups is 1. The van der Waals surface area contributed by atoms with Gasteiger partial charge in [-0.3, -0.25) is 9.59 Å². The summed E-state index contributed by atoms with van der Waals surface area (Å²) in [6.07, 6.45) is 0. The average Bonchev–Trinajstić information content (AvgIpc) is 2.71. The Hall–Kier alpha value is -3.07. The van der Waals surface area contributed by atoms with Gasteiger partial charge in [0.15, 0.2) is 0 Å². The molecule has 32 heavy (non-hydrogen) atoms. The van der Waals surface area contributed by atoms with Crippen LogP contribution < -0.4 is 10.9 Å². The fourth-order valence-electron chi connectivity index (χ4n) is 3.17. The normalized spacial score (nSPS) is 12.9. The Morgan fingerprint density at radius 3 is 2.22 bits per heavy atom. The minimum atomic E-state index is -4.37. The van der Waals surface area contributed by atoms with Crippen LogP contribution in [0.25, 0.3) is 11.4 Å². The van der Waals surface area contributed by atoms with Crippen molar-refractivity contribution in [3.63, 3.8) is 0 Å². The van der Waals surface area contributed by atoms with Gasteiger partial charge in [-0.25, -0.2) is 4.98 Å². The Labute approximate surface area is 187 Å². The summed E-state index contributed by atoms with van der Waals surface area (Å²) in [4.78, 5) is 32.1. The van der Waals surface area contributed by atoms with Gasteiger partial charge in [0.05, 0.1) is 6.04 Å². The first-order valence-corrected chi connectivity index (χ1v) is 10.6. The van der Waals surface area contributed by atoms with Crippen LogP contribution in [0.2, 0.25) is 0 Å². The van der Waals surface area contributed by atoms with Crippen molar-refractivity contribution in [2.45, 2.75) is 37.2 Å². The third kappa shape index (κ3) is 6.23. The lowest BCUT2D eigenvalue weighted by Gasteiger charge is -2.32. The number of nitrogens with one attached hydrogen (secondary N) is 2. The maximum Gasteiger partial charge on any atom is 0.446 e. The van der Waals surface area contributed by atoms with Crippen molar-refractivity contribution in [2.75, 3.05) is 0 Å². The number of halogens is 3. The minimum Gasteiger partial charge on any atom is -0.343 e. The molecule has 0 aliphatic carbocycles. The van der Waals surface area contributed by atoms with Crippen LogP contribution in [0, 0.1) is 5.41 Å². The van der Waals surface area contributed by atoms with Gasteiger partial charge in [0, 0.05) is 16.5 Å². The number of carbonyl (C=O) groups excluding carboxylic acids is 1. The maximum atomic E-state index is 13.0. The Kier molecular flexibility index (Phi) is 6.78. The molecule has 9 heteroatoms. The van der Waals surface area contributed by atoms with Gasteiger partial charge in [0.1, 0.15) is 11.5 Å². The second-order valence-electron chi connectivity index (χ2n) is 8.23. The molecule has 5 nitrogen and oxygen atoms in total. The van der Waals surface area contributed by atoms with Crippen LogP contribution in [-0.4, -0.2) is 21.4 Å². The van der Waals surface area contributed by atoms with Gasteiger partial charge in [-0.05, 0) is 34.9 Å². The van der Waals surface area contributed by atoms with E-state index in [1.807, 2.05) is 26.8 Å². The Balaban J connectivity index is 1.88. The topological polar surface area (TPSA) is 74.8 Å². The van der Waals surface area contributed by atoms with Crippen LogP contribution in [0.4, 0.5) is 13.2 Å². The lowest BCUT2D eigenvalue weighted by molar-refractivity contribution is -0.0328. The Morgan fingerprint density at radius 1 is 1.03 bits per heavy atom. The summed E-state index contributed by atoms with van der Waals surface area (Å²) < 4.78 is 37.8. The van der Waals surface area contributed by atoms with Crippen LogP contribution >= 0.6 is 11.8 Å². The number of aromatic amines is 1. The van der Waals surface area contributed by atoms with Gasteiger partial charge in [0.25, 0.3) is 11.5 Å². The number of nitrogens with zero attached hydrogens (tertiary/aromatic N) is 1. The van der Waals surface area contributed by atoms with Gasteiger partial charge in [-0.2, -0.15) is 13.2 Å². The first-order valence-electron chi connectivity index (χ1n) is 9.76. The molecular weight excluding hydrogens is 439 g/mol. The molecular formula is C23H22F3N3O2S. The van der Waals surface area contributed by atoms with Gasteiger partial charge < -0.3 is 10.3 Å². The van der Waals surface area contributed by atoms with E-state index in [2.05, 4.69) is 15.3 Å². The molecule has 2 aromatic carbocycles. The Bertz CT molecular complexity index is 1140. The van der Waals surface area contributed by atoms with Crippen molar-refractivity contribution >= 4 is 17.7 Å². The fourth-order valence-corrected chi connectivity index (χ4v) is 3.71. The lowest BCUT2D eigenvalue weighted by atomic mass is 9.82. The molecule has 0 aliphatic rings. The number of carbonyl (C=O) groups is 1. The Morgan fingerprint density at radius 2 is 1.66 bits per heavy atom. The maximum absolute atomic E-state index is 13.0. The SMILES string of the molecule is CC(C)(C)[C@@H](NC(=O)c1cc(=O)[nH]c(-c2ccccc2)n1)c1ccc(SC(F)(F)F)cc1. The third-order valence-electron chi connectivity index (χ3n) is 4.61. The smallest absolute Gasteiger partial charge is 0.343 e. The summed E-state index contributed by atoms with van der Waals surface area (Å²) in [5.74, 6) is -0.286. The first-order chi connectivity index (χ1) is 14.9. The molecule has 1 atom stereocenters. The molecule has 0 fully saturated rings. The van der Waals surface area contributed by atoms with Crippen molar-refractivity contribution in [3.05, 3.63) is 82.3 Å². The molecule has 0 saturated carbocycles. The minimum absolute atomic E-state index is 0.0499. The molecule has 168 valence electrons. The number of alkyl halides is 3. The van der Waals surface area contributed by atoms with E-state index in [4.69, 9.17) is 0 Å². The van der Waals surface area contributed by atoms with E-state index in [0.717, 1.165) is 6.07 Å². The van der Waals surface area contributed by atoms with Gasteiger partial charge in [0.2, 0.25) is 0 Å². The number of amides is 1. The van der Waals surface area contributed by atoms with E-state index in [9.17, 15) is 22.8 Å². The third-order valence-corrected chi connectivity index (χ3v) is 5.35. The van der Waals surface area contributed by atoms with Crippen LogP contribution in [0.15, 0.2) is 70.4 Å². The quantitative estimate of drug-likeness (QED) is 0.488. The molecule has 3 aromatic rings. The summed E-state index contributed by atoms with van der Waals surface area (Å²) >= 11 is -0.195. The van der Waals surface area contributed by atoms with Crippen molar-refractivity contribution < 1.29 is 18.0 Å². The largest absolute Gasteiger partial charge is 0.446 e. The first kappa shape index (κ1) is 23.6. The highest BCUT2D eigenvalue weighted by Crippen LogP contribution is 2.38. The van der Waals surface area contributed by atoms with Crippen LogP contribution in [0.3, 0.4) is 0 Å². The molecule has 0 spiro atoms. The standard InChI is InChI=1S/C23H22F3N3O2S/c1-22(2,3)19(14-9-11-16(12-10-14)32-23(24,25)26)29-21(31)17-13-18(30)28-20(27-17)15-7-5-4-6-8-15/h4-13,19H,1-3H3,(H,29,31)(H,27,28,30)/t19-/m0/s1. The van der Waals surface area contributed by atoms with Gasteiger partial charge in [-0.15, -0.1) is 0 Å². The molecule has 0 bridgehead atoms. The second-order valence-corrected chi connectivity index (χ2v) is 9.37. The van der Waals surface area contributed by atoms with E-state index in [1.54, 1.807) is 36.4 Å². The predicted octanol–water partition coefficient (Wildman–Crippen LogP) is 5.57. The molecule has 1 aromatic heterocycles. The van der Waals surface area contributed by atoms with E-state index in [-0.39, 0.29) is 28.2 Å². The summed E-state index contributed by atoms with van der Waals surface area (Å²) in [6, 6.07) is 15.4. The number of aromatic nitrogens is 2. The summed E-state index contributed by atoms with van der Waals surface area (Å²) in [5.41, 5.74) is -4.05. The van der Waals surface area contributed by atoms with Crippen LogP contribution in [-0.2, 0) is 0 Å². The van der Waals surface area contributed by atoms with E-state index < -0.39 is 28.4 Å². The van der Waals surface area contributed by atoms with E-state index >= 15 is 0 Å². The molecule has 3 rings (SSSR count). The molecule has 0 radical (unpaired) electrons. The second kappa shape index (κ2) is 9.20. The number of hydrogen-bond acceptors (Lipinski definition) is 4. The number of rotatable bonds is 5. The predicted molar refractivity (Wildman–Crippen MR) is 118 cm³/mol. The number of benzene rings is 2. The zero-order valence-electron chi connectivity index (χ0n) is 17.7. The summed E-state index contributed by atoms with van der Waals surface area (Å²) in [6.45, 7) is 5.70. The summed E-state index contributed by atoms with van der Waals surface area (Å²) in [5, 5.41) is 2.88. The lowest BCUT2D eigenvalue weighted by Crippen LogP contribution is -2.37. The molecule has 0 unspecified atom stereocenters. The molecule has 1 amide bonds. The molecule has 0 aliphatic heterocycles. The van der Waals surface area contributed by atoms with Crippen molar-refractivity contribution in [1.82, 2.24) is 15.3 Å². The number of H-pyrrole nitrogens is 1. The van der Waals surface area contributed by atoms with Crippen LogP contribution in [0.5, 0.6) is 0 Å². The average molecular weight is 462 g/mol. The van der Waals surface area contributed by atoms with Gasteiger partial charge >= 0.3 is 5.51 Å². The fraction of sp³-hybridized carbons (Fsp3) is 0.261. The van der Waals surface area contributed by atoms with Gasteiger partial charge in [-0.1, -0.05) is 63.2 Å². The number of hydrogen-bond donors (Lipinski definition) is 2. The zero-order valence-corrected chi connectivity index (χ0v) is 18.5. The van der Waals surface area contributed by atoms with E-state index in [1.165, 1.54) is 12.1 Å².